The molecule has 1 aromatic heterocycles. The van der Waals surface area contributed by atoms with Crippen LogP contribution in [-0.2, 0) is 60.8 Å². The average molecular weight is 887 g/mol. The van der Waals surface area contributed by atoms with Crippen LogP contribution < -0.4 is 31.9 Å². The van der Waals surface area contributed by atoms with Crippen molar-refractivity contribution in [2.24, 2.45) is 11.3 Å². The van der Waals surface area contributed by atoms with Crippen molar-refractivity contribution in [3.8, 4) is 0 Å². The fraction of sp³-hybridized carbons (Fsp3) is 0.524. The third kappa shape index (κ3) is 18.6. The first-order valence-corrected chi connectivity index (χ1v) is 20.9. The molecule has 1 heterocycles. The summed E-state index contributed by atoms with van der Waals surface area (Å²) < 4.78 is 0. The maximum absolute atomic E-state index is 14.3. The molecule has 9 N–H and O–H groups in total. The van der Waals surface area contributed by atoms with E-state index < -0.39 is 127 Å². The SMILES string of the molecule is Cc1ccccc1C[C@H](NC(=O)[C@H](CCC(=O)O)NC(=O)[C@H](CC(=O)O)NC(=O)CCC(=O)O)C(=O)N[C@H](C(=O)N[C@@H](CC(C)C)C(=O)NC(C=O)Cc1ccsc1)C(C)(C)C. The van der Waals surface area contributed by atoms with Gasteiger partial charge in [0.2, 0.25) is 35.4 Å². The second-order valence-electron chi connectivity index (χ2n) is 16.4. The van der Waals surface area contributed by atoms with E-state index in [4.69, 9.17) is 5.11 Å². The van der Waals surface area contributed by atoms with E-state index in [1.807, 2.05) is 30.7 Å². The van der Waals surface area contributed by atoms with Gasteiger partial charge in [0, 0.05) is 25.7 Å². The quantitative estimate of drug-likeness (QED) is 0.0602. The summed E-state index contributed by atoms with van der Waals surface area (Å²) >= 11 is 1.44. The maximum Gasteiger partial charge on any atom is 0.305 e. The molecule has 1 aromatic carbocycles. The van der Waals surface area contributed by atoms with E-state index in [2.05, 4.69) is 31.9 Å². The van der Waals surface area contributed by atoms with Gasteiger partial charge in [-0.2, -0.15) is 11.3 Å². The monoisotopic (exact) mass is 886 g/mol. The smallest absolute Gasteiger partial charge is 0.305 e. The molecule has 2 aromatic rings. The Bertz CT molecular complexity index is 1910. The van der Waals surface area contributed by atoms with Crippen LogP contribution in [0, 0.1) is 18.3 Å². The minimum absolute atomic E-state index is 0.0869. The summed E-state index contributed by atoms with van der Waals surface area (Å²) in [5.74, 6) is -9.74. The van der Waals surface area contributed by atoms with Crippen molar-refractivity contribution in [2.45, 2.75) is 129 Å². The summed E-state index contributed by atoms with van der Waals surface area (Å²) in [4.78, 5) is 128. The van der Waals surface area contributed by atoms with Crippen molar-refractivity contribution < 1.29 is 63.3 Å². The summed E-state index contributed by atoms with van der Waals surface area (Å²) in [6.07, 6.45) is -2.51. The number of thiophene rings is 1. The van der Waals surface area contributed by atoms with Crippen molar-refractivity contribution in [3.05, 3.63) is 57.8 Å². The van der Waals surface area contributed by atoms with Crippen molar-refractivity contribution in [2.75, 3.05) is 0 Å². The van der Waals surface area contributed by atoms with E-state index in [9.17, 15) is 58.2 Å². The van der Waals surface area contributed by atoms with Crippen LogP contribution in [0.2, 0.25) is 0 Å². The van der Waals surface area contributed by atoms with Gasteiger partial charge >= 0.3 is 17.9 Å². The zero-order valence-corrected chi connectivity index (χ0v) is 36.5. The largest absolute Gasteiger partial charge is 0.481 e. The number of rotatable bonds is 26. The number of carboxylic acids is 3. The molecule has 0 radical (unpaired) electrons. The van der Waals surface area contributed by atoms with E-state index in [0.717, 1.165) is 11.1 Å². The van der Waals surface area contributed by atoms with E-state index in [1.165, 1.54) is 11.3 Å². The van der Waals surface area contributed by atoms with Gasteiger partial charge < -0.3 is 52.0 Å². The molecule has 20 heteroatoms. The highest BCUT2D eigenvalue weighted by atomic mass is 32.1. The van der Waals surface area contributed by atoms with Gasteiger partial charge in [0.25, 0.3) is 0 Å². The van der Waals surface area contributed by atoms with Gasteiger partial charge in [-0.1, -0.05) is 58.9 Å². The van der Waals surface area contributed by atoms with Crippen molar-refractivity contribution >= 4 is 71.0 Å². The Labute approximate surface area is 363 Å². The van der Waals surface area contributed by atoms with Crippen LogP contribution >= 0.6 is 11.3 Å². The normalized spacial score (nSPS) is 14.1. The number of hydrogen-bond donors (Lipinski definition) is 9. The zero-order valence-electron chi connectivity index (χ0n) is 35.6. The predicted octanol–water partition coefficient (Wildman–Crippen LogP) is 1.25. The van der Waals surface area contributed by atoms with Crippen molar-refractivity contribution in [1.82, 2.24) is 31.9 Å². The Kier molecular flexibility index (Phi) is 20.9. The van der Waals surface area contributed by atoms with Gasteiger partial charge in [0.1, 0.15) is 36.5 Å². The molecule has 0 saturated heterocycles. The van der Waals surface area contributed by atoms with Crippen LogP contribution in [0.4, 0.5) is 0 Å². The second kappa shape index (κ2) is 24.9. The first-order chi connectivity index (χ1) is 29.0. The molecule has 2 rings (SSSR count). The Morgan fingerprint density at radius 1 is 0.661 bits per heavy atom. The van der Waals surface area contributed by atoms with E-state index in [-0.39, 0.29) is 25.2 Å². The van der Waals surface area contributed by atoms with Gasteiger partial charge in [-0.05, 0) is 64.6 Å². The standard InChI is InChI=1S/C42H58N6O13S/c1-23(2)17-29(38(58)43-27(21-49)18-25-15-16-62-22-25)47-41(61)36(42(4,5)6)48-40(60)30(19-26-10-8-7-9-24(26)3)46-37(57)28(11-13-33(51)52)45-39(59)31(20-35(55)56)44-32(50)12-14-34(53)54/h7-10,15-16,21-23,27-31,36H,11-14,17-20H2,1-6H3,(H,43,58)(H,44,50)(H,45,59)(H,46,57)(H,47,61)(H,48,60)(H,51,52)(H,53,54)(H,55,56)/t27?,28-,29-,30-,31-,36+/m0/s1. The van der Waals surface area contributed by atoms with Gasteiger partial charge in [-0.15, -0.1) is 0 Å². The van der Waals surface area contributed by atoms with Crippen molar-refractivity contribution in [1.29, 1.82) is 0 Å². The number of carbonyl (C=O) groups excluding carboxylic acids is 7. The van der Waals surface area contributed by atoms with Gasteiger partial charge in [0.05, 0.1) is 18.9 Å². The molecule has 0 aliphatic rings. The Balaban J connectivity index is 2.45. The first kappa shape index (κ1) is 52.0. The molecule has 0 saturated carbocycles. The van der Waals surface area contributed by atoms with E-state index in [0.29, 0.717) is 11.8 Å². The molecular weight excluding hydrogens is 829 g/mol. The lowest BCUT2D eigenvalue weighted by Crippen LogP contribution is -2.62. The molecule has 0 aliphatic carbocycles. The molecule has 0 spiro atoms. The lowest BCUT2D eigenvalue weighted by molar-refractivity contribution is -0.142. The highest BCUT2D eigenvalue weighted by molar-refractivity contribution is 7.07. The number of carboxylic acid groups (broad SMARTS) is 3. The molecule has 0 aliphatic heterocycles. The number of nitrogens with one attached hydrogen (secondary N) is 6. The number of aryl methyl sites for hydroxylation is 1. The first-order valence-electron chi connectivity index (χ1n) is 20.0. The van der Waals surface area contributed by atoms with Gasteiger partial charge in [-0.3, -0.25) is 43.2 Å². The lowest BCUT2D eigenvalue weighted by atomic mass is 9.85. The van der Waals surface area contributed by atoms with Crippen LogP contribution in [0.15, 0.2) is 41.1 Å². The highest BCUT2D eigenvalue weighted by Gasteiger charge is 2.38. The number of aliphatic carboxylic acids is 3. The molecule has 0 bridgehead atoms. The molecule has 19 nitrogen and oxygen atoms in total. The van der Waals surface area contributed by atoms with Crippen LogP contribution in [0.1, 0.15) is 89.8 Å². The van der Waals surface area contributed by atoms with Crippen LogP contribution in [-0.4, -0.2) is 111 Å². The molecule has 62 heavy (non-hydrogen) atoms. The topological polar surface area (TPSA) is 304 Å². The average Bonchev–Trinajstić information content (AvgIpc) is 3.69. The Hall–Kier alpha value is -6.18. The number of hydrogen-bond acceptors (Lipinski definition) is 11. The number of aldehydes is 1. The minimum atomic E-state index is -1.79. The Morgan fingerprint density at radius 2 is 1.24 bits per heavy atom. The van der Waals surface area contributed by atoms with Crippen molar-refractivity contribution in [3.63, 3.8) is 0 Å². The van der Waals surface area contributed by atoms with Crippen LogP contribution in [0.5, 0.6) is 0 Å². The summed E-state index contributed by atoms with van der Waals surface area (Å²) in [5.41, 5.74) is 1.18. The number of benzene rings is 1. The fourth-order valence-corrected chi connectivity index (χ4v) is 6.86. The lowest BCUT2D eigenvalue weighted by Gasteiger charge is -2.33. The number of carbonyl (C=O) groups is 10. The van der Waals surface area contributed by atoms with Gasteiger partial charge in [-0.25, -0.2) is 0 Å². The van der Waals surface area contributed by atoms with Gasteiger partial charge in [0.15, 0.2) is 0 Å². The molecule has 340 valence electrons. The molecule has 1 unspecified atom stereocenters. The molecular formula is C42H58N6O13S. The third-order valence-electron chi connectivity index (χ3n) is 9.48. The fourth-order valence-electron chi connectivity index (χ4n) is 6.18. The molecule has 0 fully saturated rings. The predicted molar refractivity (Wildman–Crippen MR) is 225 cm³/mol. The summed E-state index contributed by atoms with van der Waals surface area (Å²) in [7, 11) is 0. The Morgan fingerprint density at radius 3 is 1.79 bits per heavy atom. The third-order valence-corrected chi connectivity index (χ3v) is 10.2. The second-order valence-corrected chi connectivity index (χ2v) is 17.2. The molecule has 6 amide bonds. The van der Waals surface area contributed by atoms with E-state index >= 15 is 0 Å². The summed E-state index contributed by atoms with van der Waals surface area (Å²) in [6.45, 7) is 10.4. The highest BCUT2D eigenvalue weighted by Crippen LogP contribution is 2.21. The van der Waals surface area contributed by atoms with E-state index in [1.54, 1.807) is 52.0 Å². The minimum Gasteiger partial charge on any atom is -0.481 e. The van der Waals surface area contributed by atoms with Crippen LogP contribution in [0.25, 0.3) is 0 Å². The number of amides is 6. The molecule has 6 atom stereocenters. The van der Waals surface area contributed by atoms with Crippen LogP contribution in [0.3, 0.4) is 0 Å². The summed E-state index contributed by atoms with van der Waals surface area (Å²) in [5, 5.41) is 46.5. The summed E-state index contributed by atoms with van der Waals surface area (Å²) in [6, 6.07) is 0.490. The zero-order chi connectivity index (χ0) is 46.7. The maximum atomic E-state index is 14.3.